The van der Waals surface area contributed by atoms with Crippen LogP contribution in [0.5, 0.6) is 0 Å². The van der Waals surface area contributed by atoms with Crippen molar-refractivity contribution in [1.82, 2.24) is 5.32 Å². The highest BCUT2D eigenvalue weighted by Gasteiger charge is 2.26. The lowest BCUT2D eigenvalue weighted by molar-refractivity contribution is 0.338. The van der Waals surface area contributed by atoms with E-state index in [0.29, 0.717) is 5.92 Å². The van der Waals surface area contributed by atoms with Crippen molar-refractivity contribution in [2.24, 2.45) is 5.92 Å². The molecule has 1 fully saturated rings. The third-order valence-corrected chi connectivity index (χ3v) is 4.89. The summed E-state index contributed by atoms with van der Waals surface area (Å²) in [6.07, 6.45) is 7.32. The van der Waals surface area contributed by atoms with Gasteiger partial charge in [-0.05, 0) is 53.4 Å². The summed E-state index contributed by atoms with van der Waals surface area (Å²) in [5.74, 6) is -1.09. The van der Waals surface area contributed by atoms with Gasteiger partial charge in [0.2, 0.25) is 0 Å². The van der Waals surface area contributed by atoms with Gasteiger partial charge in [0.1, 0.15) is 0 Å². The second-order valence-corrected chi connectivity index (χ2v) is 6.08. The molecule has 0 amide bonds. The monoisotopic (exact) mass is 331 g/mol. The minimum atomic E-state index is -0.800. The number of hydrogen-bond acceptors (Lipinski definition) is 1. The molecule has 1 aliphatic carbocycles. The molecule has 0 aromatic heterocycles. The van der Waals surface area contributed by atoms with Crippen LogP contribution in [0.25, 0.3) is 0 Å². The normalized spacial score (nSPS) is 19.2. The molecule has 1 unspecified atom stereocenters. The van der Waals surface area contributed by atoms with E-state index in [1.54, 1.807) is 6.07 Å². The third-order valence-electron chi connectivity index (χ3n) is 4.08. The van der Waals surface area contributed by atoms with Gasteiger partial charge in [-0.15, -0.1) is 0 Å². The van der Waals surface area contributed by atoms with Crippen molar-refractivity contribution in [2.45, 2.75) is 44.6 Å². The maximum absolute atomic E-state index is 13.7. The molecule has 1 atom stereocenters. The molecule has 0 aliphatic heterocycles. The Morgan fingerprint density at radius 2 is 1.79 bits per heavy atom. The molecule has 1 aromatic carbocycles. The van der Waals surface area contributed by atoms with Crippen LogP contribution in [-0.2, 0) is 0 Å². The molecule has 2 rings (SSSR count). The molecule has 19 heavy (non-hydrogen) atoms. The second kappa shape index (κ2) is 6.80. The Morgan fingerprint density at radius 1 is 1.16 bits per heavy atom. The maximum Gasteiger partial charge on any atom is 0.173 e. The Labute approximate surface area is 121 Å². The zero-order valence-corrected chi connectivity index (χ0v) is 12.8. The van der Waals surface area contributed by atoms with Crippen LogP contribution in [-0.4, -0.2) is 7.05 Å². The van der Waals surface area contributed by atoms with E-state index in [1.165, 1.54) is 31.7 Å². The first kappa shape index (κ1) is 14.9. The van der Waals surface area contributed by atoms with E-state index in [-0.39, 0.29) is 10.5 Å². The van der Waals surface area contributed by atoms with Gasteiger partial charge in [0.15, 0.2) is 11.6 Å². The Morgan fingerprint density at radius 3 is 2.37 bits per heavy atom. The first-order valence-electron chi connectivity index (χ1n) is 6.95. The Balaban J connectivity index is 2.28. The van der Waals surface area contributed by atoms with Crippen LogP contribution in [0.1, 0.15) is 50.1 Å². The molecule has 1 aromatic rings. The standard InChI is InChI=1S/C15H20BrF2N/c1-19-15(10-6-4-2-3-5-7-10)11-8-9-12(17)14(18)13(11)16/h8-10,15,19H,2-7H2,1H3. The van der Waals surface area contributed by atoms with Crippen LogP contribution in [0.15, 0.2) is 16.6 Å². The van der Waals surface area contributed by atoms with Gasteiger partial charge in [-0.3, -0.25) is 0 Å². The van der Waals surface area contributed by atoms with E-state index in [2.05, 4.69) is 21.2 Å². The van der Waals surface area contributed by atoms with Crippen molar-refractivity contribution >= 4 is 15.9 Å². The van der Waals surface area contributed by atoms with Gasteiger partial charge in [-0.2, -0.15) is 0 Å². The van der Waals surface area contributed by atoms with Crippen molar-refractivity contribution in [3.05, 3.63) is 33.8 Å². The van der Waals surface area contributed by atoms with E-state index >= 15 is 0 Å². The number of nitrogens with one attached hydrogen (secondary N) is 1. The van der Waals surface area contributed by atoms with Crippen molar-refractivity contribution in [1.29, 1.82) is 0 Å². The lowest BCUT2D eigenvalue weighted by Gasteiger charge is -2.27. The van der Waals surface area contributed by atoms with Crippen LogP contribution < -0.4 is 5.32 Å². The van der Waals surface area contributed by atoms with Crippen LogP contribution in [0.4, 0.5) is 8.78 Å². The molecule has 4 heteroatoms. The summed E-state index contributed by atoms with van der Waals surface area (Å²) < 4.78 is 27.2. The van der Waals surface area contributed by atoms with E-state index in [4.69, 9.17) is 0 Å². The zero-order chi connectivity index (χ0) is 13.8. The zero-order valence-electron chi connectivity index (χ0n) is 11.2. The number of halogens is 3. The molecule has 0 radical (unpaired) electrons. The van der Waals surface area contributed by atoms with Gasteiger partial charge in [0.05, 0.1) is 4.47 Å². The highest BCUT2D eigenvalue weighted by molar-refractivity contribution is 9.10. The smallest absolute Gasteiger partial charge is 0.173 e. The summed E-state index contributed by atoms with van der Waals surface area (Å²) in [4.78, 5) is 0. The molecule has 106 valence electrons. The Kier molecular flexibility index (Phi) is 5.34. The average Bonchev–Trinajstić information content (AvgIpc) is 2.69. The van der Waals surface area contributed by atoms with Gasteiger partial charge in [-0.1, -0.05) is 31.7 Å². The van der Waals surface area contributed by atoms with E-state index in [1.807, 2.05) is 7.05 Å². The quantitative estimate of drug-likeness (QED) is 0.609. The highest BCUT2D eigenvalue weighted by Crippen LogP contribution is 2.37. The molecule has 0 bridgehead atoms. The third kappa shape index (κ3) is 3.34. The van der Waals surface area contributed by atoms with Crippen molar-refractivity contribution in [2.75, 3.05) is 7.05 Å². The minimum Gasteiger partial charge on any atom is -0.313 e. The van der Waals surface area contributed by atoms with Gasteiger partial charge >= 0.3 is 0 Å². The maximum atomic E-state index is 13.7. The second-order valence-electron chi connectivity index (χ2n) is 5.28. The molecule has 0 heterocycles. The Bertz CT molecular complexity index is 428. The van der Waals surface area contributed by atoms with Gasteiger partial charge < -0.3 is 5.32 Å². The predicted molar refractivity (Wildman–Crippen MR) is 77.1 cm³/mol. The molecule has 1 aliphatic rings. The van der Waals surface area contributed by atoms with Crippen LogP contribution in [0.3, 0.4) is 0 Å². The topological polar surface area (TPSA) is 12.0 Å². The summed E-state index contributed by atoms with van der Waals surface area (Å²) in [6, 6.07) is 2.99. The number of hydrogen-bond donors (Lipinski definition) is 1. The summed E-state index contributed by atoms with van der Waals surface area (Å²) in [5, 5.41) is 3.28. The highest BCUT2D eigenvalue weighted by atomic mass is 79.9. The molecular formula is C15H20BrF2N. The summed E-state index contributed by atoms with van der Waals surface area (Å²) in [5.41, 5.74) is 0.827. The average molecular weight is 332 g/mol. The number of rotatable bonds is 3. The van der Waals surface area contributed by atoms with Crippen molar-refractivity contribution in [3.8, 4) is 0 Å². The van der Waals surface area contributed by atoms with Crippen molar-refractivity contribution < 1.29 is 8.78 Å². The van der Waals surface area contributed by atoms with Gasteiger partial charge in [0, 0.05) is 6.04 Å². The molecule has 1 saturated carbocycles. The molecule has 1 N–H and O–H groups in total. The first-order chi connectivity index (χ1) is 9.15. The van der Waals surface area contributed by atoms with Gasteiger partial charge in [-0.25, -0.2) is 8.78 Å². The summed E-state index contributed by atoms with van der Waals surface area (Å²) >= 11 is 3.20. The summed E-state index contributed by atoms with van der Waals surface area (Å²) in [6.45, 7) is 0. The summed E-state index contributed by atoms with van der Waals surface area (Å²) in [7, 11) is 1.89. The van der Waals surface area contributed by atoms with Crippen LogP contribution in [0.2, 0.25) is 0 Å². The van der Waals surface area contributed by atoms with E-state index in [0.717, 1.165) is 18.4 Å². The van der Waals surface area contributed by atoms with Crippen molar-refractivity contribution in [3.63, 3.8) is 0 Å². The van der Waals surface area contributed by atoms with Gasteiger partial charge in [0.25, 0.3) is 0 Å². The molecular weight excluding hydrogens is 312 g/mol. The van der Waals surface area contributed by atoms with E-state index < -0.39 is 11.6 Å². The SMILES string of the molecule is CNC(c1ccc(F)c(F)c1Br)C1CCCCCC1. The van der Waals surface area contributed by atoms with Crippen LogP contribution >= 0.6 is 15.9 Å². The predicted octanol–water partition coefficient (Wildman–Crippen LogP) is 4.96. The fraction of sp³-hybridized carbons (Fsp3) is 0.600. The fourth-order valence-electron chi connectivity index (χ4n) is 3.07. The molecule has 0 spiro atoms. The lowest BCUT2D eigenvalue weighted by Crippen LogP contribution is -2.25. The van der Waals surface area contributed by atoms with E-state index in [9.17, 15) is 8.78 Å². The minimum absolute atomic E-state index is 0.0857. The lowest BCUT2D eigenvalue weighted by atomic mass is 9.87. The first-order valence-corrected chi connectivity index (χ1v) is 7.75. The molecule has 1 nitrogen and oxygen atoms in total. The molecule has 0 saturated heterocycles. The Hall–Kier alpha value is -0.480. The fourth-order valence-corrected chi connectivity index (χ4v) is 3.64. The van der Waals surface area contributed by atoms with Crippen LogP contribution in [0, 0.1) is 17.6 Å². The number of benzene rings is 1. The largest absolute Gasteiger partial charge is 0.313 e.